The number of nitrogens with one attached hydrogen (secondary N) is 2. The van der Waals surface area contributed by atoms with Gasteiger partial charge in [0.05, 0.1) is 0 Å². The van der Waals surface area contributed by atoms with Gasteiger partial charge in [0.15, 0.2) is 23.9 Å². The van der Waals surface area contributed by atoms with Gasteiger partial charge in [-0.2, -0.15) is 0 Å². The molecule has 0 aliphatic rings. The molecule has 0 saturated heterocycles. The number of ether oxygens (including phenoxy) is 1. The zero-order valence-corrected chi connectivity index (χ0v) is 13.2. The Hall–Kier alpha value is -3.42. The molecule has 0 atom stereocenters. The zero-order valence-electron chi connectivity index (χ0n) is 13.2. The van der Waals surface area contributed by atoms with Crippen molar-refractivity contribution in [2.45, 2.75) is 0 Å². The summed E-state index contributed by atoms with van der Waals surface area (Å²) in [5.41, 5.74) is -0.0217. The smallest absolute Gasteiger partial charge is 0.258 e. The van der Waals surface area contributed by atoms with Crippen LogP contribution in [0.1, 0.15) is 10.4 Å². The van der Waals surface area contributed by atoms with Crippen LogP contribution >= 0.6 is 0 Å². The molecule has 0 radical (unpaired) electrons. The maximum Gasteiger partial charge on any atom is 0.258 e. The minimum Gasteiger partial charge on any atom is -0.504 e. The van der Waals surface area contributed by atoms with Crippen LogP contribution in [0, 0.1) is 0 Å². The Balaban J connectivity index is 1.70. The van der Waals surface area contributed by atoms with E-state index in [9.17, 15) is 24.9 Å². The van der Waals surface area contributed by atoms with E-state index in [1.807, 2.05) is 6.07 Å². The summed E-state index contributed by atoms with van der Waals surface area (Å²) in [4.78, 5) is 23.5. The number of benzene rings is 2. The molecule has 0 heterocycles. The van der Waals surface area contributed by atoms with E-state index >= 15 is 0 Å². The van der Waals surface area contributed by atoms with Crippen LogP contribution in [0.5, 0.6) is 23.0 Å². The van der Waals surface area contributed by atoms with E-state index in [0.29, 0.717) is 5.75 Å². The summed E-state index contributed by atoms with van der Waals surface area (Å²) in [5.74, 6) is -2.22. The van der Waals surface area contributed by atoms with E-state index in [0.717, 1.165) is 12.1 Å². The van der Waals surface area contributed by atoms with Gasteiger partial charge < -0.3 is 30.7 Å². The van der Waals surface area contributed by atoms with E-state index in [1.54, 1.807) is 24.3 Å². The highest BCUT2D eigenvalue weighted by Crippen LogP contribution is 2.35. The number of para-hydroxylation sites is 1. The van der Waals surface area contributed by atoms with Crippen molar-refractivity contribution in [1.29, 1.82) is 0 Å². The first-order valence-electron chi connectivity index (χ1n) is 7.45. The Bertz CT molecular complexity index is 725. The van der Waals surface area contributed by atoms with Crippen molar-refractivity contribution in [2.75, 3.05) is 19.7 Å². The second-order valence-corrected chi connectivity index (χ2v) is 5.07. The molecule has 132 valence electrons. The van der Waals surface area contributed by atoms with Gasteiger partial charge in [0, 0.05) is 18.7 Å². The van der Waals surface area contributed by atoms with Crippen LogP contribution in [0.4, 0.5) is 0 Å². The molecular formula is C17H18N2O6. The molecule has 0 aliphatic heterocycles. The third kappa shape index (κ3) is 5.31. The maximum absolute atomic E-state index is 11.9. The first kappa shape index (κ1) is 17.9. The average molecular weight is 346 g/mol. The van der Waals surface area contributed by atoms with Crippen molar-refractivity contribution in [2.24, 2.45) is 0 Å². The molecule has 0 aromatic heterocycles. The molecule has 0 spiro atoms. The summed E-state index contributed by atoms with van der Waals surface area (Å²) in [5, 5.41) is 33.0. The van der Waals surface area contributed by atoms with Crippen molar-refractivity contribution in [3.05, 3.63) is 48.0 Å². The van der Waals surface area contributed by atoms with Gasteiger partial charge in [0.2, 0.25) is 0 Å². The third-order valence-electron chi connectivity index (χ3n) is 3.18. The first-order valence-corrected chi connectivity index (χ1v) is 7.45. The Morgan fingerprint density at radius 1 is 0.920 bits per heavy atom. The number of phenolic OH excluding ortho intramolecular Hbond substituents is 3. The van der Waals surface area contributed by atoms with Gasteiger partial charge in [-0.1, -0.05) is 18.2 Å². The van der Waals surface area contributed by atoms with Crippen molar-refractivity contribution in [3.8, 4) is 23.0 Å². The van der Waals surface area contributed by atoms with Crippen LogP contribution in [-0.4, -0.2) is 46.8 Å². The molecule has 0 aliphatic carbocycles. The normalized spacial score (nSPS) is 10.1. The van der Waals surface area contributed by atoms with Crippen LogP contribution in [0.15, 0.2) is 42.5 Å². The molecular weight excluding hydrogens is 328 g/mol. The number of aromatic hydroxyl groups is 3. The lowest BCUT2D eigenvalue weighted by Gasteiger charge is -2.09. The molecule has 8 nitrogen and oxygen atoms in total. The molecule has 0 saturated carbocycles. The fourth-order valence-corrected chi connectivity index (χ4v) is 1.93. The second-order valence-electron chi connectivity index (χ2n) is 5.07. The molecule has 0 bridgehead atoms. The van der Waals surface area contributed by atoms with Crippen LogP contribution < -0.4 is 15.4 Å². The van der Waals surface area contributed by atoms with Crippen molar-refractivity contribution in [3.63, 3.8) is 0 Å². The Morgan fingerprint density at radius 3 is 2.16 bits per heavy atom. The lowest BCUT2D eigenvalue weighted by Crippen LogP contribution is -2.36. The standard InChI is InChI=1S/C17H18N2O6/c20-13-8-11(9-14(21)16(13)23)17(24)19-7-6-18-15(22)10-25-12-4-2-1-3-5-12/h1-5,8-9,20-21,23H,6-7,10H2,(H,18,22)(H,19,24). The molecule has 25 heavy (non-hydrogen) atoms. The number of hydrogen-bond acceptors (Lipinski definition) is 6. The number of phenols is 3. The summed E-state index contributed by atoms with van der Waals surface area (Å²) in [6.45, 7) is 0.175. The van der Waals surface area contributed by atoms with Gasteiger partial charge in [0.25, 0.3) is 11.8 Å². The average Bonchev–Trinajstić information content (AvgIpc) is 2.61. The lowest BCUT2D eigenvalue weighted by molar-refractivity contribution is -0.123. The Kier molecular flexibility index (Phi) is 6.05. The van der Waals surface area contributed by atoms with Crippen LogP contribution in [0.3, 0.4) is 0 Å². The van der Waals surface area contributed by atoms with Gasteiger partial charge in [-0.3, -0.25) is 9.59 Å². The molecule has 0 fully saturated rings. The van der Waals surface area contributed by atoms with E-state index in [4.69, 9.17) is 4.74 Å². The van der Waals surface area contributed by atoms with Crippen molar-refractivity contribution >= 4 is 11.8 Å². The van der Waals surface area contributed by atoms with Gasteiger partial charge in [-0.15, -0.1) is 0 Å². The Labute approximate surface area is 143 Å². The summed E-state index contributed by atoms with van der Waals surface area (Å²) in [6, 6.07) is 10.9. The highest BCUT2D eigenvalue weighted by molar-refractivity contribution is 5.95. The van der Waals surface area contributed by atoms with Gasteiger partial charge in [-0.25, -0.2) is 0 Å². The van der Waals surface area contributed by atoms with Crippen molar-refractivity contribution < 1.29 is 29.6 Å². The number of hydrogen-bond donors (Lipinski definition) is 5. The zero-order chi connectivity index (χ0) is 18.2. The fraction of sp³-hybridized carbons (Fsp3) is 0.176. The Morgan fingerprint density at radius 2 is 1.52 bits per heavy atom. The highest BCUT2D eigenvalue weighted by atomic mass is 16.5. The minimum atomic E-state index is -0.692. The predicted molar refractivity (Wildman–Crippen MR) is 88.7 cm³/mol. The van der Waals surface area contributed by atoms with Crippen LogP contribution in [-0.2, 0) is 4.79 Å². The summed E-state index contributed by atoms with van der Waals surface area (Å²) in [6.07, 6.45) is 0. The molecule has 2 amide bonds. The number of rotatable bonds is 7. The number of carbonyl (C=O) groups is 2. The van der Waals surface area contributed by atoms with Gasteiger partial charge in [0.1, 0.15) is 5.75 Å². The molecule has 2 aromatic rings. The molecule has 8 heteroatoms. The van der Waals surface area contributed by atoms with Gasteiger partial charge in [-0.05, 0) is 24.3 Å². The monoisotopic (exact) mass is 346 g/mol. The quantitative estimate of drug-likeness (QED) is 0.371. The lowest BCUT2D eigenvalue weighted by atomic mass is 10.1. The van der Waals surface area contributed by atoms with E-state index in [2.05, 4.69) is 10.6 Å². The SMILES string of the molecule is O=C(COc1ccccc1)NCCNC(=O)c1cc(O)c(O)c(O)c1. The van der Waals surface area contributed by atoms with E-state index in [-0.39, 0.29) is 31.2 Å². The van der Waals surface area contributed by atoms with Crippen LogP contribution in [0.25, 0.3) is 0 Å². The third-order valence-corrected chi connectivity index (χ3v) is 3.18. The largest absolute Gasteiger partial charge is 0.504 e. The van der Waals surface area contributed by atoms with Crippen molar-refractivity contribution in [1.82, 2.24) is 10.6 Å². The maximum atomic E-state index is 11.9. The van der Waals surface area contributed by atoms with E-state index < -0.39 is 23.2 Å². The minimum absolute atomic E-state index is 0.0217. The summed E-state index contributed by atoms with van der Waals surface area (Å²) < 4.78 is 5.27. The first-order chi connectivity index (χ1) is 12.0. The highest BCUT2D eigenvalue weighted by Gasteiger charge is 2.13. The topological polar surface area (TPSA) is 128 Å². The van der Waals surface area contributed by atoms with Gasteiger partial charge >= 0.3 is 0 Å². The number of amides is 2. The predicted octanol–water partition coefficient (Wildman–Crippen LogP) is 0.728. The molecule has 5 N–H and O–H groups in total. The van der Waals surface area contributed by atoms with E-state index in [1.165, 1.54) is 0 Å². The number of carbonyl (C=O) groups excluding carboxylic acids is 2. The van der Waals surface area contributed by atoms with Crippen LogP contribution in [0.2, 0.25) is 0 Å². The molecule has 2 rings (SSSR count). The second kappa shape index (κ2) is 8.44. The summed E-state index contributed by atoms with van der Waals surface area (Å²) >= 11 is 0. The molecule has 2 aromatic carbocycles. The fourth-order valence-electron chi connectivity index (χ4n) is 1.93. The summed E-state index contributed by atoms with van der Waals surface area (Å²) in [7, 11) is 0. The molecule has 0 unspecified atom stereocenters.